The molecule has 2 aromatic rings. The summed E-state index contributed by atoms with van der Waals surface area (Å²) in [4.78, 5) is 15.7. The molecule has 0 aliphatic heterocycles. The maximum absolute atomic E-state index is 11.9. The van der Waals surface area contributed by atoms with E-state index < -0.39 is 5.91 Å². The lowest BCUT2D eigenvalue weighted by atomic mass is 10.2. The molecule has 1 aromatic carbocycles. The number of amides is 1. The van der Waals surface area contributed by atoms with Crippen molar-refractivity contribution in [2.24, 2.45) is 0 Å². The highest BCUT2D eigenvalue weighted by Crippen LogP contribution is 2.14. The van der Waals surface area contributed by atoms with Gasteiger partial charge in [0.1, 0.15) is 18.0 Å². The number of rotatable bonds is 4. The van der Waals surface area contributed by atoms with Crippen LogP contribution in [0.5, 0.6) is 0 Å². The SMILES string of the molecule is N#C/C(=C/Nc1ncn[nH]1)C(=O)Nc1ccc(Br)cc1. The van der Waals surface area contributed by atoms with Crippen LogP contribution in [0.15, 0.2) is 46.8 Å². The number of carbonyl (C=O) groups is 1. The molecule has 0 bridgehead atoms. The fourth-order valence-corrected chi connectivity index (χ4v) is 1.56. The van der Waals surface area contributed by atoms with Crippen molar-refractivity contribution < 1.29 is 4.79 Å². The molecule has 0 atom stereocenters. The molecular formula is C12H9BrN6O. The van der Waals surface area contributed by atoms with Crippen LogP contribution in [-0.2, 0) is 4.79 Å². The summed E-state index contributed by atoms with van der Waals surface area (Å²) in [5.74, 6) is -0.170. The van der Waals surface area contributed by atoms with Gasteiger partial charge in [0, 0.05) is 16.4 Å². The summed E-state index contributed by atoms with van der Waals surface area (Å²) in [5, 5.41) is 20.4. The maximum Gasteiger partial charge on any atom is 0.267 e. The number of anilines is 2. The van der Waals surface area contributed by atoms with Crippen LogP contribution in [0.1, 0.15) is 0 Å². The van der Waals surface area contributed by atoms with Gasteiger partial charge in [-0.2, -0.15) is 15.3 Å². The van der Waals surface area contributed by atoms with Gasteiger partial charge in [-0.25, -0.2) is 5.10 Å². The second-order valence-corrected chi connectivity index (χ2v) is 4.52. The predicted molar refractivity (Wildman–Crippen MR) is 76.5 cm³/mol. The minimum Gasteiger partial charge on any atom is -0.330 e. The van der Waals surface area contributed by atoms with Gasteiger partial charge in [0.25, 0.3) is 5.91 Å². The Morgan fingerprint density at radius 2 is 2.15 bits per heavy atom. The Morgan fingerprint density at radius 3 is 2.75 bits per heavy atom. The molecule has 0 aliphatic carbocycles. The zero-order chi connectivity index (χ0) is 14.4. The predicted octanol–water partition coefficient (Wildman–Crippen LogP) is 2.03. The average Bonchev–Trinajstić information content (AvgIpc) is 2.95. The van der Waals surface area contributed by atoms with Gasteiger partial charge in [-0.15, -0.1) is 0 Å². The highest BCUT2D eigenvalue weighted by atomic mass is 79.9. The lowest BCUT2D eigenvalue weighted by molar-refractivity contribution is -0.112. The van der Waals surface area contributed by atoms with Crippen molar-refractivity contribution >= 4 is 33.5 Å². The molecule has 100 valence electrons. The number of hydrogen-bond acceptors (Lipinski definition) is 5. The van der Waals surface area contributed by atoms with Crippen LogP contribution in [-0.4, -0.2) is 21.1 Å². The number of nitrogens with zero attached hydrogens (tertiary/aromatic N) is 3. The first-order valence-electron chi connectivity index (χ1n) is 5.48. The number of nitriles is 1. The summed E-state index contributed by atoms with van der Waals surface area (Å²) in [7, 11) is 0. The van der Waals surface area contributed by atoms with E-state index >= 15 is 0 Å². The first-order valence-corrected chi connectivity index (χ1v) is 6.27. The Morgan fingerprint density at radius 1 is 1.40 bits per heavy atom. The van der Waals surface area contributed by atoms with Crippen LogP contribution in [0.25, 0.3) is 0 Å². The van der Waals surface area contributed by atoms with Crippen molar-refractivity contribution in [2.45, 2.75) is 0 Å². The normalized spacial score (nSPS) is 10.7. The smallest absolute Gasteiger partial charge is 0.267 e. The summed E-state index contributed by atoms with van der Waals surface area (Å²) >= 11 is 3.30. The molecule has 0 radical (unpaired) electrons. The first-order chi connectivity index (χ1) is 9.69. The third-order valence-electron chi connectivity index (χ3n) is 2.24. The van der Waals surface area contributed by atoms with Gasteiger partial charge in [0.15, 0.2) is 0 Å². The summed E-state index contributed by atoms with van der Waals surface area (Å²) in [5.41, 5.74) is 0.517. The van der Waals surface area contributed by atoms with Crippen molar-refractivity contribution in [1.29, 1.82) is 5.26 Å². The molecule has 0 unspecified atom stereocenters. The fraction of sp³-hybridized carbons (Fsp3) is 0. The zero-order valence-electron chi connectivity index (χ0n) is 10.1. The van der Waals surface area contributed by atoms with Gasteiger partial charge in [-0.3, -0.25) is 4.79 Å². The van der Waals surface area contributed by atoms with E-state index in [0.717, 1.165) is 4.47 Å². The lowest BCUT2D eigenvalue weighted by Crippen LogP contribution is -2.14. The minimum absolute atomic E-state index is 0.0793. The van der Waals surface area contributed by atoms with E-state index in [1.807, 2.05) is 6.07 Å². The summed E-state index contributed by atoms with van der Waals surface area (Å²) in [6.07, 6.45) is 2.57. The van der Waals surface area contributed by atoms with Crippen LogP contribution in [0, 0.1) is 11.3 Å². The van der Waals surface area contributed by atoms with E-state index in [1.165, 1.54) is 12.5 Å². The van der Waals surface area contributed by atoms with Crippen molar-refractivity contribution in [1.82, 2.24) is 15.2 Å². The molecule has 8 heteroatoms. The van der Waals surface area contributed by atoms with Gasteiger partial charge >= 0.3 is 0 Å². The Labute approximate surface area is 122 Å². The summed E-state index contributed by atoms with van der Waals surface area (Å²) < 4.78 is 0.901. The molecule has 7 nitrogen and oxygen atoms in total. The highest BCUT2D eigenvalue weighted by molar-refractivity contribution is 9.10. The third kappa shape index (κ3) is 3.66. The van der Waals surface area contributed by atoms with E-state index in [-0.39, 0.29) is 5.57 Å². The molecule has 0 saturated heterocycles. The van der Waals surface area contributed by atoms with Crippen LogP contribution in [0.2, 0.25) is 0 Å². The topological polar surface area (TPSA) is 106 Å². The van der Waals surface area contributed by atoms with Crippen molar-refractivity contribution in [3.63, 3.8) is 0 Å². The monoisotopic (exact) mass is 332 g/mol. The molecule has 1 heterocycles. The quantitative estimate of drug-likeness (QED) is 0.586. The van der Waals surface area contributed by atoms with E-state index in [4.69, 9.17) is 5.26 Å². The molecule has 0 fully saturated rings. The lowest BCUT2D eigenvalue weighted by Gasteiger charge is -2.04. The number of hydrogen-bond donors (Lipinski definition) is 3. The number of H-pyrrole nitrogens is 1. The van der Waals surface area contributed by atoms with E-state index in [1.54, 1.807) is 24.3 Å². The molecule has 1 amide bonds. The largest absolute Gasteiger partial charge is 0.330 e. The molecule has 3 N–H and O–H groups in total. The molecule has 0 aliphatic rings. The first kappa shape index (κ1) is 13.8. The Kier molecular flexibility index (Phi) is 4.47. The van der Waals surface area contributed by atoms with Crippen molar-refractivity contribution in [2.75, 3.05) is 10.6 Å². The Bertz CT molecular complexity index is 656. The Balaban J connectivity index is 2.04. The molecule has 0 spiro atoms. The molecule has 2 rings (SSSR count). The van der Waals surface area contributed by atoms with Crippen molar-refractivity contribution in [3.05, 3.63) is 46.8 Å². The average molecular weight is 333 g/mol. The van der Waals surface area contributed by atoms with Crippen molar-refractivity contribution in [3.8, 4) is 6.07 Å². The van der Waals surface area contributed by atoms with Gasteiger partial charge < -0.3 is 10.6 Å². The van der Waals surface area contributed by atoms with E-state index in [2.05, 4.69) is 41.7 Å². The van der Waals surface area contributed by atoms with E-state index in [0.29, 0.717) is 11.6 Å². The van der Waals surface area contributed by atoms with Gasteiger partial charge in [-0.05, 0) is 24.3 Å². The minimum atomic E-state index is -0.512. The highest BCUT2D eigenvalue weighted by Gasteiger charge is 2.09. The second kappa shape index (κ2) is 6.49. The van der Waals surface area contributed by atoms with Crippen LogP contribution in [0.3, 0.4) is 0 Å². The third-order valence-corrected chi connectivity index (χ3v) is 2.76. The molecular weight excluding hydrogens is 324 g/mol. The summed E-state index contributed by atoms with van der Waals surface area (Å²) in [6, 6.07) is 8.84. The number of nitrogens with one attached hydrogen (secondary N) is 3. The van der Waals surface area contributed by atoms with E-state index in [9.17, 15) is 4.79 Å². The number of benzene rings is 1. The number of aromatic nitrogens is 3. The maximum atomic E-state index is 11.9. The molecule has 20 heavy (non-hydrogen) atoms. The molecule has 1 aromatic heterocycles. The number of carbonyl (C=O) groups excluding carboxylic acids is 1. The van der Waals surface area contributed by atoms with Crippen LogP contribution in [0.4, 0.5) is 11.6 Å². The number of halogens is 1. The second-order valence-electron chi connectivity index (χ2n) is 3.61. The summed E-state index contributed by atoms with van der Waals surface area (Å²) in [6.45, 7) is 0. The van der Waals surface area contributed by atoms with Gasteiger partial charge in [0.2, 0.25) is 5.95 Å². The number of aromatic amines is 1. The van der Waals surface area contributed by atoms with Gasteiger partial charge in [0.05, 0.1) is 0 Å². The Hall–Kier alpha value is -2.66. The van der Waals surface area contributed by atoms with Crippen LogP contribution >= 0.6 is 15.9 Å². The zero-order valence-corrected chi connectivity index (χ0v) is 11.7. The van der Waals surface area contributed by atoms with Gasteiger partial charge in [-0.1, -0.05) is 15.9 Å². The molecule has 0 saturated carbocycles. The standard InChI is InChI=1S/C12H9BrN6O/c13-9-1-3-10(4-2-9)18-11(20)8(5-14)6-15-12-16-7-17-19-12/h1-4,6-7H,(H,18,20)(H2,15,16,17,19)/b8-6-. The fourth-order valence-electron chi connectivity index (χ4n) is 1.30. The van der Waals surface area contributed by atoms with Crippen LogP contribution < -0.4 is 10.6 Å².